The number of nitrogens with two attached hydrogens (primary N) is 1. The first kappa shape index (κ1) is 15.2. The van der Waals surface area contributed by atoms with Gasteiger partial charge in [-0.3, -0.25) is 13.9 Å². The molecule has 0 amide bonds. The number of hydrogen-bond donors (Lipinski definition) is 2. The number of benzene rings is 1. The molecule has 2 heterocycles. The minimum Gasteiger partial charge on any atom is -0.383 e. The maximum atomic E-state index is 12.2. The second-order valence-corrected chi connectivity index (χ2v) is 5.11. The van der Waals surface area contributed by atoms with Gasteiger partial charge in [0.15, 0.2) is 17.2 Å². The summed E-state index contributed by atoms with van der Waals surface area (Å²) in [6.45, 7) is 0. The van der Waals surface area contributed by atoms with Crippen LogP contribution in [0.3, 0.4) is 0 Å². The molecule has 2 aromatic heterocycles. The van der Waals surface area contributed by atoms with Crippen LogP contribution < -0.4 is 17.0 Å². The van der Waals surface area contributed by atoms with Crippen LogP contribution in [0.4, 0.5) is 11.5 Å². The summed E-state index contributed by atoms with van der Waals surface area (Å²) >= 11 is 0. The van der Waals surface area contributed by atoms with E-state index in [1.807, 2.05) is 18.2 Å². The number of aromatic nitrogens is 4. The molecule has 1 aromatic carbocycles. The van der Waals surface area contributed by atoms with Gasteiger partial charge in [-0.1, -0.05) is 12.1 Å². The first-order chi connectivity index (χ1) is 11.4. The van der Waals surface area contributed by atoms with E-state index in [4.69, 9.17) is 5.73 Å². The quantitative estimate of drug-likeness (QED) is 0.649. The summed E-state index contributed by atoms with van der Waals surface area (Å²) in [5, 5.41) is 9.38. The number of nitriles is 1. The van der Waals surface area contributed by atoms with Gasteiger partial charge < -0.3 is 10.7 Å². The number of para-hydroxylation sites is 2. The van der Waals surface area contributed by atoms with E-state index in [0.717, 1.165) is 14.7 Å². The average Bonchev–Trinajstić information content (AvgIpc) is 3.02. The predicted octanol–water partition coefficient (Wildman–Crippen LogP) is 0.187. The van der Waals surface area contributed by atoms with E-state index in [1.165, 1.54) is 14.1 Å². The second kappa shape index (κ2) is 5.51. The highest BCUT2D eigenvalue weighted by Crippen LogP contribution is 2.16. The number of imidazole rings is 1. The number of H-pyrrole nitrogens is 1. The van der Waals surface area contributed by atoms with Gasteiger partial charge in [0.25, 0.3) is 5.56 Å². The Hall–Kier alpha value is -3.67. The molecule has 3 rings (SSSR count). The smallest absolute Gasteiger partial charge is 0.332 e. The molecule has 0 bridgehead atoms. The van der Waals surface area contributed by atoms with Gasteiger partial charge in [0.1, 0.15) is 11.9 Å². The maximum absolute atomic E-state index is 12.2. The number of nitrogens with one attached hydrogen (secondary N) is 1. The number of rotatable bonds is 2. The van der Waals surface area contributed by atoms with Crippen LogP contribution in [0.2, 0.25) is 0 Å². The van der Waals surface area contributed by atoms with Gasteiger partial charge in [-0.2, -0.15) is 5.26 Å². The minimum atomic E-state index is -0.681. The van der Waals surface area contributed by atoms with E-state index in [0.29, 0.717) is 5.52 Å². The molecule has 0 spiro atoms. The lowest BCUT2D eigenvalue weighted by molar-refractivity contribution is 0.695. The highest BCUT2D eigenvalue weighted by molar-refractivity contribution is 6.11. The topological polar surface area (TPSA) is 135 Å². The number of anilines is 1. The van der Waals surface area contributed by atoms with Gasteiger partial charge in [0, 0.05) is 14.1 Å². The number of hydrogen-bond acceptors (Lipinski definition) is 6. The molecule has 0 fully saturated rings. The summed E-state index contributed by atoms with van der Waals surface area (Å²) in [4.78, 5) is 35.3. The van der Waals surface area contributed by atoms with E-state index in [-0.39, 0.29) is 23.0 Å². The Balaban J connectivity index is 2.25. The van der Waals surface area contributed by atoms with E-state index in [2.05, 4.69) is 15.0 Å². The van der Waals surface area contributed by atoms with Crippen molar-refractivity contribution in [1.29, 1.82) is 5.26 Å². The zero-order valence-corrected chi connectivity index (χ0v) is 12.9. The third-order valence-electron chi connectivity index (χ3n) is 3.63. The number of nitrogens with zero attached hydrogens (tertiary/aromatic N) is 5. The zero-order valence-electron chi connectivity index (χ0n) is 12.9. The Bertz CT molecular complexity index is 1110. The highest BCUT2D eigenvalue weighted by Gasteiger charge is 2.16. The molecule has 120 valence electrons. The Morgan fingerprint density at radius 2 is 2.00 bits per heavy atom. The monoisotopic (exact) mass is 323 g/mol. The fourth-order valence-electron chi connectivity index (χ4n) is 2.25. The first-order valence-electron chi connectivity index (χ1n) is 6.93. The molecule has 0 unspecified atom stereocenters. The van der Waals surface area contributed by atoms with Crippen molar-refractivity contribution in [3.05, 3.63) is 50.9 Å². The summed E-state index contributed by atoms with van der Waals surface area (Å²) in [5.41, 5.74) is 5.67. The standard InChI is InChI=1S/C15H13N7O2/c1-21-12(17)11(14(23)22(2)15(21)24)18-10(7-16)13-19-8-5-3-4-6-9(8)20-13/h3-6H,17H2,1-2H3,(H,19,20). The van der Waals surface area contributed by atoms with E-state index < -0.39 is 11.2 Å². The molecule has 3 N–H and O–H groups in total. The Kier molecular flexibility index (Phi) is 3.50. The second-order valence-electron chi connectivity index (χ2n) is 5.11. The van der Waals surface area contributed by atoms with Gasteiger partial charge in [0.2, 0.25) is 0 Å². The van der Waals surface area contributed by atoms with E-state index in [1.54, 1.807) is 12.1 Å². The predicted molar refractivity (Wildman–Crippen MR) is 89.2 cm³/mol. The average molecular weight is 323 g/mol. The van der Waals surface area contributed by atoms with Crippen LogP contribution in [0.15, 0.2) is 38.8 Å². The molecular formula is C15H13N7O2. The highest BCUT2D eigenvalue weighted by atomic mass is 16.2. The van der Waals surface area contributed by atoms with Crippen LogP contribution in [-0.2, 0) is 14.1 Å². The van der Waals surface area contributed by atoms with Crippen molar-refractivity contribution >= 4 is 28.3 Å². The Labute approximate surface area is 135 Å². The van der Waals surface area contributed by atoms with E-state index >= 15 is 0 Å². The summed E-state index contributed by atoms with van der Waals surface area (Å²) in [6.07, 6.45) is 0. The van der Waals surface area contributed by atoms with Crippen LogP contribution in [-0.4, -0.2) is 24.8 Å². The molecule has 0 saturated carbocycles. The van der Waals surface area contributed by atoms with Gasteiger partial charge in [-0.05, 0) is 12.1 Å². The molecule has 0 radical (unpaired) electrons. The maximum Gasteiger partial charge on any atom is 0.332 e. The van der Waals surface area contributed by atoms with Crippen molar-refractivity contribution in [3.8, 4) is 6.07 Å². The molecule has 0 aliphatic carbocycles. The summed E-state index contributed by atoms with van der Waals surface area (Å²) in [5.74, 6) is 0.0981. The Morgan fingerprint density at radius 1 is 1.29 bits per heavy atom. The number of aliphatic imine (C=N–C) groups is 1. The summed E-state index contributed by atoms with van der Waals surface area (Å²) < 4.78 is 1.97. The molecular weight excluding hydrogens is 310 g/mol. The molecule has 9 nitrogen and oxygen atoms in total. The third-order valence-corrected chi connectivity index (χ3v) is 3.63. The fraction of sp³-hybridized carbons (Fsp3) is 0.133. The van der Waals surface area contributed by atoms with Crippen LogP contribution in [0.25, 0.3) is 11.0 Å². The summed E-state index contributed by atoms with van der Waals surface area (Å²) in [6, 6.07) is 9.13. The number of fused-ring (bicyclic) bond motifs is 1. The van der Waals surface area contributed by atoms with Crippen LogP contribution in [0, 0.1) is 11.3 Å². The summed E-state index contributed by atoms with van der Waals surface area (Å²) in [7, 11) is 2.74. The van der Waals surface area contributed by atoms with Crippen molar-refractivity contribution in [2.75, 3.05) is 5.73 Å². The lowest BCUT2D eigenvalue weighted by Gasteiger charge is -2.08. The van der Waals surface area contributed by atoms with Gasteiger partial charge in [-0.25, -0.2) is 14.8 Å². The van der Waals surface area contributed by atoms with Crippen molar-refractivity contribution in [3.63, 3.8) is 0 Å². The molecule has 0 aliphatic heterocycles. The van der Waals surface area contributed by atoms with Gasteiger partial charge in [0.05, 0.1) is 11.0 Å². The number of nitrogen functional groups attached to an aromatic ring is 1. The van der Waals surface area contributed by atoms with Gasteiger partial charge >= 0.3 is 5.69 Å². The third kappa shape index (κ3) is 2.26. The van der Waals surface area contributed by atoms with E-state index in [9.17, 15) is 14.9 Å². The molecule has 0 aliphatic rings. The largest absolute Gasteiger partial charge is 0.383 e. The SMILES string of the molecule is Cn1c(N)c(N=C(C#N)c2nc3ccccc3[nH]2)c(=O)n(C)c1=O. The van der Waals surface area contributed by atoms with Crippen LogP contribution >= 0.6 is 0 Å². The van der Waals surface area contributed by atoms with Crippen molar-refractivity contribution in [2.45, 2.75) is 0 Å². The van der Waals surface area contributed by atoms with Crippen LogP contribution in [0.1, 0.15) is 5.82 Å². The molecule has 3 aromatic rings. The molecule has 0 saturated heterocycles. The molecule has 0 atom stereocenters. The van der Waals surface area contributed by atoms with Gasteiger partial charge in [-0.15, -0.1) is 0 Å². The lowest BCUT2D eigenvalue weighted by Crippen LogP contribution is -2.38. The normalized spacial score (nSPS) is 11.6. The van der Waals surface area contributed by atoms with Crippen molar-refractivity contribution in [1.82, 2.24) is 19.1 Å². The fourth-order valence-corrected chi connectivity index (χ4v) is 2.25. The van der Waals surface area contributed by atoms with Crippen molar-refractivity contribution < 1.29 is 0 Å². The molecule has 9 heteroatoms. The number of aromatic amines is 1. The zero-order chi connectivity index (χ0) is 17.4. The lowest BCUT2D eigenvalue weighted by atomic mass is 10.3. The first-order valence-corrected chi connectivity index (χ1v) is 6.93. The molecule has 24 heavy (non-hydrogen) atoms. The Morgan fingerprint density at radius 3 is 2.67 bits per heavy atom. The van der Waals surface area contributed by atoms with Crippen molar-refractivity contribution in [2.24, 2.45) is 19.1 Å². The van der Waals surface area contributed by atoms with Crippen LogP contribution in [0.5, 0.6) is 0 Å². The minimum absolute atomic E-state index is 0.103.